The summed E-state index contributed by atoms with van der Waals surface area (Å²) in [5.74, 6) is 1.14. The number of piperidine rings is 1. The van der Waals surface area contributed by atoms with E-state index in [0.29, 0.717) is 37.6 Å². The molecule has 0 radical (unpaired) electrons. The molecular formula is C14H25N5O2. The second kappa shape index (κ2) is 5.29. The normalized spacial score (nSPS) is 18.7. The number of nitrogens with two attached hydrogens (primary N) is 1. The van der Waals surface area contributed by atoms with Crippen molar-refractivity contribution >= 4 is 6.03 Å². The Bertz CT molecular complexity index is 510. The highest BCUT2D eigenvalue weighted by Gasteiger charge is 2.39. The van der Waals surface area contributed by atoms with Gasteiger partial charge in [0.25, 0.3) is 0 Å². The number of hydrogen-bond donors (Lipinski definition) is 1. The fraction of sp³-hybridized carbons (Fsp3) is 0.786. The molecule has 1 aromatic rings. The summed E-state index contributed by atoms with van der Waals surface area (Å²) >= 11 is 0. The van der Waals surface area contributed by atoms with E-state index in [0.717, 1.165) is 0 Å². The lowest BCUT2D eigenvalue weighted by atomic mass is 9.87. The molecule has 2 N–H and O–H groups in total. The fourth-order valence-corrected chi connectivity index (χ4v) is 2.33. The Kier molecular flexibility index (Phi) is 3.97. The van der Waals surface area contributed by atoms with Gasteiger partial charge in [0.2, 0.25) is 5.89 Å². The number of amides is 2. The van der Waals surface area contributed by atoms with Crippen LogP contribution in [0, 0.1) is 0 Å². The van der Waals surface area contributed by atoms with Gasteiger partial charge in [-0.15, -0.1) is 0 Å². The Morgan fingerprint density at radius 2 is 1.90 bits per heavy atom. The molecule has 0 unspecified atom stereocenters. The first-order chi connectivity index (χ1) is 9.63. The first-order valence-corrected chi connectivity index (χ1v) is 7.23. The summed E-state index contributed by atoms with van der Waals surface area (Å²) in [6.45, 7) is 7.27. The minimum Gasteiger partial charge on any atom is -0.339 e. The summed E-state index contributed by atoms with van der Waals surface area (Å²) in [4.78, 5) is 19.8. The molecule has 1 aliphatic heterocycles. The van der Waals surface area contributed by atoms with E-state index >= 15 is 0 Å². The summed E-state index contributed by atoms with van der Waals surface area (Å²) in [7, 11) is 3.50. The van der Waals surface area contributed by atoms with Crippen molar-refractivity contribution < 1.29 is 9.32 Å². The lowest BCUT2D eigenvalue weighted by Crippen LogP contribution is -2.52. The van der Waals surface area contributed by atoms with Gasteiger partial charge in [-0.3, -0.25) is 0 Å². The fourth-order valence-electron chi connectivity index (χ4n) is 2.33. The van der Waals surface area contributed by atoms with Gasteiger partial charge in [0.05, 0.1) is 5.54 Å². The van der Waals surface area contributed by atoms with Gasteiger partial charge in [0, 0.05) is 32.6 Å². The average molecular weight is 295 g/mol. The minimum atomic E-state index is -0.615. The molecule has 1 saturated heterocycles. The third kappa shape index (κ3) is 3.18. The van der Waals surface area contributed by atoms with Crippen LogP contribution in [0.4, 0.5) is 4.79 Å². The molecule has 0 atom stereocenters. The largest absolute Gasteiger partial charge is 0.339 e. The van der Waals surface area contributed by atoms with Gasteiger partial charge in [-0.25, -0.2) is 4.79 Å². The highest BCUT2D eigenvalue weighted by Crippen LogP contribution is 2.30. The van der Waals surface area contributed by atoms with Crippen molar-refractivity contribution in [2.45, 2.75) is 44.6 Å². The molecule has 1 aromatic heterocycles. The SMILES string of the molecule is CN(C)C(=O)N1CCC(N)(c2noc(C(C)(C)C)n2)CC1. The number of nitrogens with zero attached hydrogens (tertiary/aromatic N) is 4. The molecule has 0 bridgehead atoms. The first-order valence-electron chi connectivity index (χ1n) is 7.23. The maximum atomic E-state index is 11.9. The number of likely N-dealkylation sites (tertiary alicyclic amines) is 1. The van der Waals surface area contributed by atoms with Crippen molar-refractivity contribution in [1.82, 2.24) is 19.9 Å². The van der Waals surface area contributed by atoms with Gasteiger partial charge >= 0.3 is 6.03 Å². The summed E-state index contributed by atoms with van der Waals surface area (Å²) in [5, 5.41) is 4.06. The van der Waals surface area contributed by atoms with E-state index in [1.807, 2.05) is 20.8 Å². The molecule has 1 aliphatic rings. The lowest BCUT2D eigenvalue weighted by Gasteiger charge is -2.38. The van der Waals surface area contributed by atoms with Crippen LogP contribution in [0.5, 0.6) is 0 Å². The molecule has 0 saturated carbocycles. The van der Waals surface area contributed by atoms with Crippen LogP contribution in [0.3, 0.4) is 0 Å². The summed E-state index contributed by atoms with van der Waals surface area (Å²) in [6.07, 6.45) is 1.27. The van der Waals surface area contributed by atoms with Crippen molar-refractivity contribution in [1.29, 1.82) is 0 Å². The van der Waals surface area contributed by atoms with Crippen LogP contribution >= 0.6 is 0 Å². The Morgan fingerprint density at radius 3 is 2.33 bits per heavy atom. The zero-order chi connectivity index (χ0) is 15.8. The van der Waals surface area contributed by atoms with E-state index in [4.69, 9.17) is 10.3 Å². The molecule has 0 spiro atoms. The quantitative estimate of drug-likeness (QED) is 0.843. The monoisotopic (exact) mass is 295 g/mol. The van der Waals surface area contributed by atoms with Gasteiger partial charge in [0.1, 0.15) is 0 Å². The van der Waals surface area contributed by atoms with Gasteiger partial charge in [-0.05, 0) is 12.8 Å². The number of carbonyl (C=O) groups is 1. The van der Waals surface area contributed by atoms with E-state index < -0.39 is 5.54 Å². The van der Waals surface area contributed by atoms with Crippen molar-refractivity contribution in [3.8, 4) is 0 Å². The van der Waals surface area contributed by atoms with Crippen LogP contribution in [0.1, 0.15) is 45.3 Å². The molecule has 1 fully saturated rings. The van der Waals surface area contributed by atoms with E-state index in [2.05, 4.69) is 10.1 Å². The van der Waals surface area contributed by atoms with Crippen molar-refractivity contribution in [3.05, 3.63) is 11.7 Å². The Balaban J connectivity index is 2.09. The van der Waals surface area contributed by atoms with Crippen LogP contribution in [0.15, 0.2) is 4.52 Å². The van der Waals surface area contributed by atoms with Crippen molar-refractivity contribution in [3.63, 3.8) is 0 Å². The van der Waals surface area contributed by atoms with Crippen LogP contribution in [-0.4, -0.2) is 53.2 Å². The average Bonchev–Trinajstić information content (AvgIpc) is 2.89. The minimum absolute atomic E-state index is 0.0144. The van der Waals surface area contributed by atoms with Gasteiger partial charge in [-0.2, -0.15) is 4.98 Å². The van der Waals surface area contributed by atoms with Crippen LogP contribution in [0.2, 0.25) is 0 Å². The molecule has 2 heterocycles. The van der Waals surface area contributed by atoms with Crippen molar-refractivity contribution in [2.24, 2.45) is 5.73 Å². The number of rotatable bonds is 1. The van der Waals surface area contributed by atoms with Gasteiger partial charge in [0.15, 0.2) is 5.82 Å². The predicted octanol–water partition coefficient (Wildman–Crippen LogP) is 1.30. The molecule has 2 amide bonds. The molecular weight excluding hydrogens is 270 g/mol. The third-order valence-electron chi connectivity index (χ3n) is 3.82. The van der Waals surface area contributed by atoms with Gasteiger partial charge < -0.3 is 20.1 Å². The molecule has 0 aromatic carbocycles. The van der Waals surface area contributed by atoms with Crippen LogP contribution in [0.25, 0.3) is 0 Å². The second-order valence-corrected chi connectivity index (χ2v) is 6.99. The molecule has 118 valence electrons. The summed E-state index contributed by atoms with van der Waals surface area (Å²) in [6, 6.07) is 0.0144. The van der Waals surface area contributed by atoms with Crippen molar-refractivity contribution in [2.75, 3.05) is 27.2 Å². The van der Waals surface area contributed by atoms with E-state index in [1.165, 1.54) is 0 Å². The number of carbonyl (C=O) groups excluding carboxylic acids is 1. The number of urea groups is 1. The molecule has 7 heteroatoms. The standard InChI is InChI=1S/C14H25N5O2/c1-13(2,3)11-16-10(17-21-11)14(15)6-8-19(9-7-14)12(20)18(4)5/h6-9,15H2,1-5H3. The Labute approximate surface area is 125 Å². The second-order valence-electron chi connectivity index (χ2n) is 6.99. The zero-order valence-corrected chi connectivity index (χ0v) is 13.5. The lowest BCUT2D eigenvalue weighted by molar-refractivity contribution is 0.135. The zero-order valence-electron chi connectivity index (χ0n) is 13.5. The summed E-state index contributed by atoms with van der Waals surface area (Å²) < 4.78 is 5.33. The highest BCUT2D eigenvalue weighted by atomic mass is 16.5. The third-order valence-corrected chi connectivity index (χ3v) is 3.82. The first kappa shape index (κ1) is 15.8. The van der Waals surface area contributed by atoms with Gasteiger partial charge in [-0.1, -0.05) is 25.9 Å². The highest BCUT2D eigenvalue weighted by molar-refractivity contribution is 5.73. The molecule has 0 aliphatic carbocycles. The van der Waals surface area contributed by atoms with E-state index in [1.54, 1.807) is 23.9 Å². The smallest absolute Gasteiger partial charge is 0.319 e. The van der Waals surface area contributed by atoms with Crippen LogP contribution < -0.4 is 5.73 Å². The molecule has 21 heavy (non-hydrogen) atoms. The van der Waals surface area contributed by atoms with E-state index in [-0.39, 0.29) is 11.4 Å². The van der Waals surface area contributed by atoms with Crippen LogP contribution in [-0.2, 0) is 11.0 Å². The Morgan fingerprint density at radius 1 is 1.33 bits per heavy atom. The summed E-state index contributed by atoms with van der Waals surface area (Å²) in [5.41, 5.74) is 5.63. The van der Waals surface area contributed by atoms with E-state index in [9.17, 15) is 4.79 Å². The topological polar surface area (TPSA) is 88.5 Å². The maximum Gasteiger partial charge on any atom is 0.319 e. The molecule has 2 rings (SSSR count). The molecule has 7 nitrogen and oxygen atoms in total. The number of aromatic nitrogens is 2. The maximum absolute atomic E-state index is 11.9. The number of hydrogen-bond acceptors (Lipinski definition) is 5. The predicted molar refractivity (Wildman–Crippen MR) is 78.8 cm³/mol. The Hall–Kier alpha value is -1.63.